The molecule has 5 atom stereocenters. The summed E-state index contributed by atoms with van der Waals surface area (Å²) in [7, 11) is -2.21. The Balaban J connectivity index is 1.45. The average Bonchev–Trinajstić information content (AvgIpc) is 3.13. The second-order valence-corrected chi connectivity index (χ2v) is 14.5. The molecule has 2 aromatic rings. The monoisotopic (exact) mass is 668 g/mol. The van der Waals surface area contributed by atoms with E-state index in [2.05, 4.69) is 10.6 Å². The topological polar surface area (TPSA) is 128 Å². The van der Waals surface area contributed by atoms with Crippen molar-refractivity contribution < 1.29 is 36.6 Å². The highest BCUT2D eigenvalue weighted by Gasteiger charge is 2.42. The number of benzene rings is 2. The summed E-state index contributed by atoms with van der Waals surface area (Å²) in [5.41, 5.74) is 0.191. The number of sulfonamides is 1. The van der Waals surface area contributed by atoms with Gasteiger partial charge in [-0.05, 0) is 74.3 Å². The number of piperazine rings is 1. The highest BCUT2D eigenvalue weighted by Crippen LogP contribution is 2.38. The number of hydrogen-bond acceptors (Lipinski definition) is 6. The molecule has 3 aliphatic rings. The summed E-state index contributed by atoms with van der Waals surface area (Å²) >= 11 is 6.13. The summed E-state index contributed by atoms with van der Waals surface area (Å²) in [5.74, 6) is -3.19. The van der Waals surface area contributed by atoms with Gasteiger partial charge in [-0.25, -0.2) is 22.0 Å². The standard InChI is InChI=1S/C31H39ClF2N4O6S/c1-37(31(40)41)29(27(20-12-14-44-15-13-20)19-4-6-21(32)7-5-19)30(39)36-28-24(25(33)10-11-26(28)34)9-8-23-17-35-22-3-2-16-45(42,43)38(23)18-22/h4-7,10-11,20,22-23,27,29,35H,2-3,8-9,12-18H2,1H3,(H,36,39)(H,40,41)/t22-,23+,27+,29+/m1/s1. The van der Waals surface area contributed by atoms with Crippen LogP contribution >= 0.6 is 11.6 Å². The fraction of sp³-hybridized carbons (Fsp3) is 0.548. The summed E-state index contributed by atoms with van der Waals surface area (Å²) in [6, 6.07) is 6.97. The summed E-state index contributed by atoms with van der Waals surface area (Å²) in [4.78, 5) is 27.3. The molecule has 10 nitrogen and oxygen atoms in total. The smallest absolute Gasteiger partial charge is 0.407 e. The molecule has 246 valence electrons. The molecule has 0 aliphatic carbocycles. The predicted octanol–water partition coefficient (Wildman–Crippen LogP) is 4.44. The third kappa shape index (κ3) is 7.60. The molecule has 2 bridgehead atoms. The van der Waals surface area contributed by atoms with E-state index in [1.54, 1.807) is 24.3 Å². The lowest BCUT2D eigenvalue weighted by molar-refractivity contribution is -0.122. The normalized spacial score (nSPS) is 24.7. The number of fused-ring (bicyclic) bond motifs is 2. The zero-order chi connectivity index (χ0) is 32.3. The van der Waals surface area contributed by atoms with Crippen LogP contribution in [0.25, 0.3) is 0 Å². The van der Waals surface area contributed by atoms with Gasteiger partial charge in [0.15, 0.2) is 0 Å². The van der Waals surface area contributed by atoms with E-state index in [9.17, 15) is 23.1 Å². The van der Waals surface area contributed by atoms with Crippen molar-refractivity contribution in [2.24, 2.45) is 5.92 Å². The van der Waals surface area contributed by atoms with Crippen LogP contribution in [0.1, 0.15) is 49.1 Å². The molecule has 3 heterocycles. The van der Waals surface area contributed by atoms with Gasteiger partial charge in [-0.3, -0.25) is 9.69 Å². The van der Waals surface area contributed by atoms with Gasteiger partial charge in [-0.2, -0.15) is 4.31 Å². The number of nitrogens with one attached hydrogen (secondary N) is 2. The second kappa shape index (κ2) is 14.3. The van der Waals surface area contributed by atoms with Gasteiger partial charge >= 0.3 is 6.09 Å². The molecule has 3 N–H and O–H groups in total. The van der Waals surface area contributed by atoms with Gasteiger partial charge in [-0.1, -0.05) is 23.7 Å². The fourth-order valence-corrected chi connectivity index (χ4v) is 8.83. The zero-order valence-electron chi connectivity index (χ0n) is 25.1. The summed E-state index contributed by atoms with van der Waals surface area (Å²) in [6.45, 7) is 1.57. The van der Waals surface area contributed by atoms with Crippen LogP contribution in [0, 0.1) is 17.6 Å². The lowest BCUT2D eigenvalue weighted by Gasteiger charge is -2.39. The molecular formula is C31H39ClF2N4O6S. The molecule has 0 spiro atoms. The van der Waals surface area contributed by atoms with Crippen molar-refractivity contribution in [2.75, 3.05) is 44.4 Å². The molecule has 2 amide bonds. The number of carboxylic acid groups (broad SMARTS) is 1. The number of carbonyl (C=O) groups excluding carboxylic acids is 1. The second-order valence-electron chi connectivity index (χ2n) is 12.1. The minimum Gasteiger partial charge on any atom is -0.465 e. The van der Waals surface area contributed by atoms with Crippen LogP contribution < -0.4 is 10.6 Å². The first kappa shape index (κ1) is 33.5. The van der Waals surface area contributed by atoms with Gasteiger partial charge < -0.3 is 20.5 Å². The van der Waals surface area contributed by atoms with Crippen molar-refractivity contribution in [1.29, 1.82) is 0 Å². The van der Waals surface area contributed by atoms with E-state index < -0.39 is 51.7 Å². The SMILES string of the molecule is CN(C(=O)O)[C@H](C(=O)Nc1c(F)ccc(F)c1CC[C@H]1CN[C@@H]2CCCS(=O)(=O)N1C2)[C@@H](c1ccc(Cl)cc1)C1CCOCC1. The van der Waals surface area contributed by atoms with Crippen LogP contribution in [-0.2, 0) is 26.0 Å². The van der Waals surface area contributed by atoms with Crippen LogP contribution in [0.4, 0.5) is 19.3 Å². The first-order valence-electron chi connectivity index (χ1n) is 15.3. The molecule has 3 saturated heterocycles. The van der Waals surface area contributed by atoms with Crippen LogP contribution in [0.5, 0.6) is 0 Å². The summed E-state index contributed by atoms with van der Waals surface area (Å²) in [6.07, 6.45) is 1.21. The van der Waals surface area contributed by atoms with Crippen molar-refractivity contribution in [3.05, 3.63) is 64.2 Å². The minimum atomic E-state index is -3.49. The predicted molar refractivity (Wildman–Crippen MR) is 166 cm³/mol. The van der Waals surface area contributed by atoms with Gasteiger partial charge in [0.25, 0.3) is 0 Å². The van der Waals surface area contributed by atoms with Crippen LogP contribution in [0.2, 0.25) is 5.02 Å². The van der Waals surface area contributed by atoms with Gasteiger partial charge in [0, 0.05) is 61.9 Å². The molecular weight excluding hydrogens is 630 g/mol. The van der Waals surface area contributed by atoms with E-state index in [1.165, 1.54) is 11.4 Å². The van der Waals surface area contributed by atoms with E-state index in [4.69, 9.17) is 16.3 Å². The number of ether oxygens (including phenoxy) is 1. The molecule has 3 fully saturated rings. The lowest BCUT2D eigenvalue weighted by atomic mass is 9.76. The van der Waals surface area contributed by atoms with Gasteiger partial charge in [0.05, 0.1) is 11.4 Å². The maximum Gasteiger partial charge on any atom is 0.407 e. The Morgan fingerprint density at radius 2 is 1.82 bits per heavy atom. The van der Waals surface area contributed by atoms with Gasteiger partial charge in [0.2, 0.25) is 15.9 Å². The Morgan fingerprint density at radius 1 is 1.13 bits per heavy atom. The Bertz CT molecular complexity index is 1490. The fourth-order valence-electron chi connectivity index (χ4n) is 6.90. The highest BCUT2D eigenvalue weighted by molar-refractivity contribution is 7.89. The van der Waals surface area contributed by atoms with E-state index in [-0.39, 0.29) is 41.8 Å². The van der Waals surface area contributed by atoms with Crippen molar-refractivity contribution in [3.8, 4) is 0 Å². The number of hydrogen-bond donors (Lipinski definition) is 3. The van der Waals surface area contributed by atoms with Crippen LogP contribution in [0.3, 0.4) is 0 Å². The van der Waals surface area contributed by atoms with Crippen molar-refractivity contribution in [1.82, 2.24) is 14.5 Å². The number of anilines is 1. The summed E-state index contributed by atoms with van der Waals surface area (Å²) < 4.78 is 63.6. The third-order valence-electron chi connectivity index (χ3n) is 9.30. The summed E-state index contributed by atoms with van der Waals surface area (Å²) in [5, 5.41) is 16.4. The van der Waals surface area contributed by atoms with E-state index in [0.717, 1.165) is 23.5 Å². The molecule has 0 aromatic heterocycles. The quantitative estimate of drug-likeness (QED) is 0.360. The Hall–Kier alpha value is -2.84. The number of carbonyl (C=O) groups is 2. The zero-order valence-corrected chi connectivity index (χ0v) is 26.6. The Labute approximate surface area is 267 Å². The Kier molecular flexibility index (Phi) is 10.6. The molecule has 0 radical (unpaired) electrons. The third-order valence-corrected chi connectivity index (χ3v) is 11.5. The maximum atomic E-state index is 15.4. The molecule has 2 aromatic carbocycles. The van der Waals surface area contributed by atoms with Crippen molar-refractivity contribution in [3.63, 3.8) is 0 Å². The number of halogens is 3. The first-order chi connectivity index (χ1) is 21.5. The van der Waals surface area contributed by atoms with E-state index >= 15 is 8.78 Å². The molecule has 3 aliphatic heterocycles. The van der Waals surface area contributed by atoms with E-state index in [1.807, 2.05) is 0 Å². The number of rotatable bonds is 9. The van der Waals surface area contributed by atoms with E-state index in [0.29, 0.717) is 56.2 Å². The van der Waals surface area contributed by atoms with Crippen molar-refractivity contribution >= 4 is 39.3 Å². The number of amides is 2. The molecule has 45 heavy (non-hydrogen) atoms. The van der Waals surface area contributed by atoms with Gasteiger partial charge in [-0.15, -0.1) is 0 Å². The lowest BCUT2D eigenvalue weighted by Crippen LogP contribution is -2.57. The average molecular weight is 669 g/mol. The van der Waals surface area contributed by atoms with Crippen LogP contribution in [-0.4, -0.2) is 92.0 Å². The molecule has 14 heteroatoms. The molecule has 5 rings (SSSR count). The first-order valence-corrected chi connectivity index (χ1v) is 17.2. The maximum absolute atomic E-state index is 15.4. The number of likely N-dealkylation sites (N-methyl/N-ethyl adjacent to an activating group) is 1. The minimum absolute atomic E-state index is 0.0394. The molecule has 0 saturated carbocycles. The van der Waals surface area contributed by atoms with Crippen LogP contribution in [0.15, 0.2) is 36.4 Å². The number of nitrogens with zero attached hydrogens (tertiary/aromatic N) is 2. The van der Waals surface area contributed by atoms with Gasteiger partial charge in [0.1, 0.15) is 17.7 Å². The van der Waals surface area contributed by atoms with Crippen molar-refractivity contribution in [2.45, 2.75) is 62.6 Å². The Morgan fingerprint density at radius 3 is 2.51 bits per heavy atom. The largest absolute Gasteiger partial charge is 0.465 e. The molecule has 1 unspecified atom stereocenters. The highest BCUT2D eigenvalue weighted by atomic mass is 35.5.